The monoisotopic (exact) mass is 265 g/mol. The summed E-state index contributed by atoms with van der Waals surface area (Å²) in [6.45, 7) is 4.54. The summed E-state index contributed by atoms with van der Waals surface area (Å²) < 4.78 is 18.7. The Morgan fingerprint density at radius 3 is 2.84 bits per heavy atom. The Hall–Kier alpha value is -1.41. The van der Waals surface area contributed by atoms with Gasteiger partial charge in [0.1, 0.15) is 12.4 Å². The molecule has 0 atom stereocenters. The van der Waals surface area contributed by atoms with Crippen molar-refractivity contribution in [2.75, 3.05) is 33.4 Å². The molecule has 1 aromatic rings. The second-order valence-electron chi connectivity index (χ2n) is 4.24. The Morgan fingerprint density at radius 1 is 1.37 bits per heavy atom. The predicted molar refractivity (Wildman–Crippen MR) is 73.2 cm³/mol. The van der Waals surface area contributed by atoms with E-state index in [0.717, 1.165) is 12.1 Å². The smallest absolute Gasteiger partial charge is 0.124 e. The number of aliphatic hydroxyl groups excluding tert-OH is 1. The lowest BCUT2D eigenvalue weighted by Crippen LogP contribution is -2.22. The fourth-order valence-corrected chi connectivity index (χ4v) is 1.71. The van der Waals surface area contributed by atoms with Gasteiger partial charge in [0.05, 0.1) is 6.61 Å². The van der Waals surface area contributed by atoms with Crippen molar-refractivity contribution in [3.63, 3.8) is 0 Å². The third-order valence-electron chi connectivity index (χ3n) is 2.54. The van der Waals surface area contributed by atoms with Crippen LogP contribution in [0.5, 0.6) is 0 Å². The number of ether oxygens (including phenoxy) is 1. The number of hydrogen-bond acceptors (Lipinski definition) is 3. The van der Waals surface area contributed by atoms with E-state index >= 15 is 0 Å². The van der Waals surface area contributed by atoms with Gasteiger partial charge in [0.2, 0.25) is 0 Å². The molecular formula is C15H20FNO2. The molecule has 0 aliphatic heterocycles. The van der Waals surface area contributed by atoms with Crippen molar-refractivity contribution in [1.82, 2.24) is 4.90 Å². The maximum Gasteiger partial charge on any atom is 0.124 e. The summed E-state index contributed by atoms with van der Waals surface area (Å²) in [5, 5.41) is 8.64. The predicted octanol–water partition coefficient (Wildman–Crippen LogP) is 1.64. The van der Waals surface area contributed by atoms with Crippen molar-refractivity contribution >= 4 is 0 Å². The van der Waals surface area contributed by atoms with Gasteiger partial charge in [0.15, 0.2) is 0 Å². The molecule has 1 aromatic carbocycles. The van der Waals surface area contributed by atoms with Crippen LogP contribution in [0.25, 0.3) is 0 Å². The van der Waals surface area contributed by atoms with E-state index in [1.165, 1.54) is 12.1 Å². The van der Waals surface area contributed by atoms with Gasteiger partial charge in [-0.3, -0.25) is 4.90 Å². The molecule has 0 radical (unpaired) electrons. The van der Waals surface area contributed by atoms with E-state index in [2.05, 4.69) is 16.7 Å². The van der Waals surface area contributed by atoms with Crippen LogP contribution in [-0.4, -0.2) is 43.4 Å². The molecule has 0 aliphatic carbocycles. The number of likely N-dealkylation sites (N-methyl/N-ethyl adjacent to an activating group) is 1. The maximum absolute atomic E-state index is 13.4. The van der Waals surface area contributed by atoms with Crippen molar-refractivity contribution in [2.24, 2.45) is 0 Å². The lowest BCUT2D eigenvalue weighted by atomic mass is 10.1. The molecular weight excluding hydrogens is 245 g/mol. The Bertz CT molecular complexity index is 451. The molecule has 0 saturated carbocycles. The number of nitrogens with zero attached hydrogens (tertiary/aromatic N) is 1. The molecule has 0 unspecified atom stereocenters. The van der Waals surface area contributed by atoms with Crippen molar-refractivity contribution in [3.05, 3.63) is 35.1 Å². The van der Waals surface area contributed by atoms with E-state index in [9.17, 15) is 4.39 Å². The van der Waals surface area contributed by atoms with Crippen LogP contribution in [0.2, 0.25) is 0 Å². The SMILES string of the molecule is CCOCCN(C)Cc1cc(F)cc(C#CCO)c1. The highest BCUT2D eigenvalue weighted by atomic mass is 19.1. The summed E-state index contributed by atoms with van der Waals surface area (Å²) in [5.41, 5.74) is 1.45. The zero-order chi connectivity index (χ0) is 14.1. The van der Waals surface area contributed by atoms with Crippen molar-refractivity contribution in [1.29, 1.82) is 0 Å². The van der Waals surface area contributed by atoms with Gasteiger partial charge in [-0.1, -0.05) is 11.8 Å². The molecule has 1 N–H and O–H groups in total. The highest BCUT2D eigenvalue weighted by Gasteiger charge is 2.03. The minimum atomic E-state index is -0.307. The topological polar surface area (TPSA) is 32.7 Å². The maximum atomic E-state index is 13.4. The molecule has 0 heterocycles. The Labute approximate surface area is 114 Å². The van der Waals surface area contributed by atoms with Crippen molar-refractivity contribution in [3.8, 4) is 11.8 Å². The van der Waals surface area contributed by atoms with Crippen LogP contribution in [0.3, 0.4) is 0 Å². The molecule has 4 heteroatoms. The molecule has 0 aliphatic rings. The van der Waals surface area contributed by atoms with Crippen LogP contribution in [0.1, 0.15) is 18.1 Å². The molecule has 0 aromatic heterocycles. The van der Waals surface area contributed by atoms with E-state index in [1.54, 1.807) is 0 Å². The Balaban J connectivity index is 2.64. The summed E-state index contributed by atoms with van der Waals surface area (Å²) in [4.78, 5) is 2.06. The lowest BCUT2D eigenvalue weighted by Gasteiger charge is -2.16. The fraction of sp³-hybridized carbons (Fsp3) is 0.467. The van der Waals surface area contributed by atoms with Crippen LogP contribution < -0.4 is 0 Å². The first-order chi connectivity index (χ1) is 9.15. The summed E-state index contributed by atoms with van der Waals surface area (Å²) in [5.74, 6) is 4.93. The molecule has 3 nitrogen and oxygen atoms in total. The molecule has 19 heavy (non-hydrogen) atoms. The first kappa shape index (κ1) is 15.6. The molecule has 0 spiro atoms. The first-order valence-corrected chi connectivity index (χ1v) is 6.31. The highest BCUT2D eigenvalue weighted by molar-refractivity contribution is 5.37. The number of halogens is 1. The van der Waals surface area contributed by atoms with Crippen LogP contribution in [0, 0.1) is 17.7 Å². The van der Waals surface area contributed by atoms with E-state index in [0.29, 0.717) is 25.3 Å². The molecule has 0 bridgehead atoms. The largest absolute Gasteiger partial charge is 0.384 e. The quantitative estimate of drug-likeness (QED) is 0.627. The second kappa shape index (κ2) is 8.65. The van der Waals surface area contributed by atoms with E-state index in [1.807, 2.05) is 20.0 Å². The molecule has 1 rings (SSSR count). The van der Waals surface area contributed by atoms with E-state index in [4.69, 9.17) is 9.84 Å². The average Bonchev–Trinajstić information content (AvgIpc) is 2.36. The van der Waals surface area contributed by atoms with Gasteiger partial charge in [-0.15, -0.1) is 0 Å². The van der Waals surface area contributed by atoms with Gasteiger partial charge in [-0.05, 0) is 37.7 Å². The zero-order valence-electron chi connectivity index (χ0n) is 11.4. The van der Waals surface area contributed by atoms with Crippen LogP contribution in [-0.2, 0) is 11.3 Å². The van der Waals surface area contributed by atoms with Crippen LogP contribution >= 0.6 is 0 Å². The van der Waals surface area contributed by atoms with Crippen molar-refractivity contribution < 1.29 is 14.2 Å². The third-order valence-corrected chi connectivity index (χ3v) is 2.54. The van der Waals surface area contributed by atoms with Gasteiger partial charge in [-0.2, -0.15) is 0 Å². The fourth-order valence-electron chi connectivity index (χ4n) is 1.71. The molecule has 0 saturated heterocycles. The van der Waals surface area contributed by atoms with E-state index < -0.39 is 0 Å². The normalized spacial score (nSPS) is 10.4. The summed E-state index contributed by atoms with van der Waals surface area (Å²) >= 11 is 0. The lowest BCUT2D eigenvalue weighted by molar-refractivity contribution is 0.120. The third kappa shape index (κ3) is 6.35. The van der Waals surface area contributed by atoms with Gasteiger partial charge in [-0.25, -0.2) is 4.39 Å². The summed E-state index contributed by atoms with van der Waals surface area (Å²) in [6.07, 6.45) is 0. The number of rotatable bonds is 6. The van der Waals surface area contributed by atoms with Gasteiger partial charge < -0.3 is 9.84 Å². The molecule has 104 valence electrons. The average molecular weight is 265 g/mol. The molecule has 0 fully saturated rings. The van der Waals surface area contributed by atoms with Gasteiger partial charge in [0.25, 0.3) is 0 Å². The minimum absolute atomic E-state index is 0.222. The Kier molecular flexibility index (Phi) is 7.12. The minimum Gasteiger partial charge on any atom is -0.384 e. The second-order valence-corrected chi connectivity index (χ2v) is 4.24. The number of hydrogen-bond donors (Lipinski definition) is 1. The zero-order valence-corrected chi connectivity index (χ0v) is 11.4. The summed E-state index contributed by atoms with van der Waals surface area (Å²) in [6, 6.07) is 4.70. The number of aliphatic hydroxyl groups is 1. The molecule has 0 amide bonds. The van der Waals surface area contributed by atoms with Gasteiger partial charge in [0, 0.05) is 25.3 Å². The first-order valence-electron chi connectivity index (χ1n) is 6.31. The van der Waals surface area contributed by atoms with Crippen molar-refractivity contribution in [2.45, 2.75) is 13.5 Å². The highest BCUT2D eigenvalue weighted by Crippen LogP contribution is 2.10. The number of benzene rings is 1. The summed E-state index contributed by atoms with van der Waals surface area (Å²) in [7, 11) is 1.96. The standard InChI is InChI=1S/C15H20FNO2/c1-3-19-8-6-17(2)12-14-9-13(5-4-7-18)10-15(16)11-14/h9-11,18H,3,6-8,12H2,1-2H3. The van der Waals surface area contributed by atoms with Crippen LogP contribution in [0.4, 0.5) is 4.39 Å². The van der Waals surface area contributed by atoms with Crippen LogP contribution in [0.15, 0.2) is 18.2 Å². The Morgan fingerprint density at radius 2 is 2.16 bits per heavy atom. The van der Waals surface area contributed by atoms with E-state index in [-0.39, 0.29) is 12.4 Å². The van der Waals surface area contributed by atoms with Gasteiger partial charge >= 0.3 is 0 Å².